The van der Waals surface area contributed by atoms with Gasteiger partial charge >= 0.3 is 0 Å². The van der Waals surface area contributed by atoms with Crippen molar-refractivity contribution in [2.45, 2.75) is 40.0 Å². The number of carbonyl (C=O) groups excluding carboxylic acids is 1. The van der Waals surface area contributed by atoms with Crippen LogP contribution in [0.5, 0.6) is 0 Å². The smallest absolute Gasteiger partial charge is 0.256 e. The van der Waals surface area contributed by atoms with E-state index in [1.165, 1.54) is 6.07 Å². The number of nitrogens with zero attached hydrogens (tertiary/aromatic N) is 1. The van der Waals surface area contributed by atoms with Gasteiger partial charge in [-0.1, -0.05) is 25.5 Å². The number of rotatable bonds is 2. The molecule has 0 spiro atoms. The normalized spacial score (nSPS) is 20.1. The summed E-state index contributed by atoms with van der Waals surface area (Å²) in [4.78, 5) is 14.3. The van der Waals surface area contributed by atoms with E-state index in [9.17, 15) is 9.18 Å². The van der Waals surface area contributed by atoms with Gasteiger partial charge in [-0.15, -0.1) is 0 Å². The van der Waals surface area contributed by atoms with Crippen molar-refractivity contribution in [3.8, 4) is 0 Å². The molecule has 1 aliphatic rings. The molecule has 0 bridgehead atoms. The molecule has 1 amide bonds. The maximum atomic E-state index is 13.8. The van der Waals surface area contributed by atoms with Crippen LogP contribution in [0.4, 0.5) is 4.39 Å². The molecule has 1 heterocycles. The van der Waals surface area contributed by atoms with Crippen LogP contribution in [0.3, 0.4) is 0 Å². The molecule has 3 heteroatoms. The Hall–Kier alpha value is -1.38. The minimum absolute atomic E-state index is 0.157. The molecule has 0 aliphatic carbocycles. The van der Waals surface area contributed by atoms with Crippen LogP contribution in [0, 0.1) is 24.6 Å². The van der Waals surface area contributed by atoms with E-state index in [4.69, 9.17) is 0 Å². The van der Waals surface area contributed by atoms with Gasteiger partial charge in [-0.3, -0.25) is 4.79 Å². The van der Waals surface area contributed by atoms with Gasteiger partial charge in [0.1, 0.15) is 5.82 Å². The molecular weight excluding hydrogens is 253 g/mol. The molecule has 20 heavy (non-hydrogen) atoms. The lowest BCUT2D eigenvalue weighted by atomic mass is 9.89. The molecule has 0 N–H and O–H groups in total. The average molecular weight is 277 g/mol. The van der Waals surface area contributed by atoms with Gasteiger partial charge in [0.15, 0.2) is 0 Å². The van der Waals surface area contributed by atoms with E-state index in [1.807, 2.05) is 11.8 Å². The highest BCUT2D eigenvalue weighted by atomic mass is 19.1. The first-order valence-electron chi connectivity index (χ1n) is 7.54. The number of carbonyl (C=O) groups is 1. The highest BCUT2D eigenvalue weighted by Crippen LogP contribution is 2.25. The Morgan fingerprint density at radius 2 is 2.05 bits per heavy atom. The summed E-state index contributed by atoms with van der Waals surface area (Å²) < 4.78 is 13.8. The van der Waals surface area contributed by atoms with Gasteiger partial charge in [-0.25, -0.2) is 4.39 Å². The molecular formula is C17H24FNO. The summed E-state index contributed by atoms with van der Waals surface area (Å²) in [6, 6.07) is 4.74. The predicted octanol–water partition coefficient (Wildman–Crippen LogP) is 4.03. The highest BCUT2D eigenvalue weighted by Gasteiger charge is 2.24. The first-order chi connectivity index (χ1) is 9.49. The summed E-state index contributed by atoms with van der Waals surface area (Å²) in [6.45, 7) is 7.85. The lowest BCUT2D eigenvalue weighted by Crippen LogP contribution is -2.32. The summed E-state index contributed by atoms with van der Waals surface area (Å²) in [7, 11) is 0. The second-order valence-electron chi connectivity index (χ2n) is 6.21. The minimum Gasteiger partial charge on any atom is -0.339 e. The van der Waals surface area contributed by atoms with Crippen LogP contribution in [0.1, 0.15) is 49.0 Å². The average Bonchev–Trinajstić information content (AvgIpc) is 2.66. The standard InChI is InChI=1S/C17H24FNO/c1-12(2)14-5-4-9-19(10-8-14)17(20)15-11-13(3)6-7-16(15)18/h6-7,11-12,14H,4-5,8-10H2,1-3H3. The molecule has 1 aliphatic heterocycles. The minimum atomic E-state index is -0.412. The second-order valence-corrected chi connectivity index (χ2v) is 6.21. The number of amides is 1. The van der Waals surface area contributed by atoms with Crippen molar-refractivity contribution in [3.63, 3.8) is 0 Å². The molecule has 110 valence electrons. The quantitative estimate of drug-likeness (QED) is 0.799. The van der Waals surface area contributed by atoms with Crippen LogP contribution in [-0.4, -0.2) is 23.9 Å². The third-order valence-electron chi connectivity index (χ3n) is 4.36. The Labute approximate surface area is 121 Å². The molecule has 1 unspecified atom stereocenters. The van der Waals surface area contributed by atoms with Gasteiger partial charge < -0.3 is 4.90 Å². The zero-order valence-corrected chi connectivity index (χ0v) is 12.7. The molecule has 1 fully saturated rings. The van der Waals surface area contributed by atoms with Crippen LogP contribution >= 0.6 is 0 Å². The second kappa shape index (κ2) is 6.38. The molecule has 1 atom stereocenters. The predicted molar refractivity (Wildman–Crippen MR) is 79.2 cm³/mol. The summed E-state index contributed by atoms with van der Waals surface area (Å²) in [5.74, 6) is 0.761. The van der Waals surface area contributed by atoms with Crippen LogP contribution in [0.15, 0.2) is 18.2 Å². The van der Waals surface area contributed by atoms with Crippen molar-refractivity contribution in [1.82, 2.24) is 4.90 Å². The first kappa shape index (κ1) is 15.0. The van der Waals surface area contributed by atoms with Crippen LogP contribution in [0.2, 0.25) is 0 Å². The molecule has 1 aromatic carbocycles. The molecule has 1 aromatic rings. The van der Waals surface area contributed by atoms with E-state index in [1.54, 1.807) is 12.1 Å². The van der Waals surface area contributed by atoms with Crippen molar-refractivity contribution < 1.29 is 9.18 Å². The third-order valence-corrected chi connectivity index (χ3v) is 4.36. The Balaban J connectivity index is 2.11. The van der Waals surface area contributed by atoms with E-state index in [0.29, 0.717) is 11.8 Å². The highest BCUT2D eigenvalue weighted by molar-refractivity contribution is 5.94. The fraction of sp³-hybridized carbons (Fsp3) is 0.588. The molecule has 0 aromatic heterocycles. The van der Waals surface area contributed by atoms with E-state index >= 15 is 0 Å². The van der Waals surface area contributed by atoms with Crippen LogP contribution in [0.25, 0.3) is 0 Å². The van der Waals surface area contributed by atoms with Gasteiger partial charge in [0.05, 0.1) is 5.56 Å². The lowest BCUT2D eigenvalue weighted by Gasteiger charge is -2.22. The van der Waals surface area contributed by atoms with Gasteiger partial charge in [0.25, 0.3) is 5.91 Å². The number of benzene rings is 1. The number of hydrogen-bond acceptors (Lipinski definition) is 1. The number of halogens is 1. The zero-order chi connectivity index (χ0) is 14.7. The van der Waals surface area contributed by atoms with Crippen molar-refractivity contribution in [3.05, 3.63) is 35.1 Å². The Morgan fingerprint density at radius 3 is 2.75 bits per heavy atom. The number of likely N-dealkylation sites (tertiary alicyclic amines) is 1. The van der Waals surface area contributed by atoms with E-state index in [2.05, 4.69) is 13.8 Å². The molecule has 0 radical (unpaired) electrons. The maximum absolute atomic E-state index is 13.8. The van der Waals surface area contributed by atoms with Crippen molar-refractivity contribution in [2.75, 3.05) is 13.1 Å². The molecule has 1 saturated heterocycles. The first-order valence-corrected chi connectivity index (χ1v) is 7.54. The van der Waals surface area contributed by atoms with Crippen molar-refractivity contribution in [2.24, 2.45) is 11.8 Å². The van der Waals surface area contributed by atoms with Gasteiger partial charge in [0.2, 0.25) is 0 Å². The Kier molecular flexibility index (Phi) is 4.79. The van der Waals surface area contributed by atoms with Gasteiger partial charge in [-0.05, 0) is 50.2 Å². The number of aryl methyl sites for hydroxylation is 1. The summed E-state index contributed by atoms with van der Waals surface area (Å²) in [5, 5.41) is 0. The molecule has 0 saturated carbocycles. The van der Waals surface area contributed by atoms with Crippen LogP contribution in [-0.2, 0) is 0 Å². The zero-order valence-electron chi connectivity index (χ0n) is 12.7. The molecule has 2 rings (SSSR count). The van der Waals surface area contributed by atoms with E-state index in [-0.39, 0.29) is 11.5 Å². The van der Waals surface area contributed by atoms with Crippen molar-refractivity contribution >= 4 is 5.91 Å². The van der Waals surface area contributed by atoms with Crippen LogP contribution < -0.4 is 0 Å². The summed E-state index contributed by atoms with van der Waals surface area (Å²) >= 11 is 0. The number of hydrogen-bond donors (Lipinski definition) is 0. The largest absolute Gasteiger partial charge is 0.339 e. The van der Waals surface area contributed by atoms with Gasteiger partial charge in [-0.2, -0.15) is 0 Å². The third kappa shape index (κ3) is 3.38. The van der Waals surface area contributed by atoms with E-state index < -0.39 is 5.82 Å². The Morgan fingerprint density at radius 1 is 1.30 bits per heavy atom. The molecule has 2 nitrogen and oxygen atoms in total. The monoisotopic (exact) mass is 277 g/mol. The fourth-order valence-electron chi connectivity index (χ4n) is 2.97. The summed E-state index contributed by atoms with van der Waals surface area (Å²) in [5.41, 5.74) is 1.14. The summed E-state index contributed by atoms with van der Waals surface area (Å²) in [6.07, 6.45) is 3.20. The lowest BCUT2D eigenvalue weighted by molar-refractivity contribution is 0.0754. The fourth-order valence-corrected chi connectivity index (χ4v) is 2.97. The maximum Gasteiger partial charge on any atom is 0.256 e. The van der Waals surface area contributed by atoms with Gasteiger partial charge in [0, 0.05) is 13.1 Å². The topological polar surface area (TPSA) is 20.3 Å². The van der Waals surface area contributed by atoms with Crippen molar-refractivity contribution in [1.29, 1.82) is 0 Å². The van der Waals surface area contributed by atoms with E-state index in [0.717, 1.165) is 37.9 Å². The SMILES string of the molecule is Cc1ccc(F)c(C(=O)N2CCCC(C(C)C)CC2)c1. The Bertz CT molecular complexity index is 484.